The molecule has 0 aliphatic carbocycles. The van der Waals surface area contributed by atoms with E-state index >= 15 is 0 Å². The quantitative estimate of drug-likeness (QED) is 0.661. The van der Waals surface area contributed by atoms with Gasteiger partial charge in [0.1, 0.15) is 6.61 Å². The van der Waals surface area contributed by atoms with Gasteiger partial charge in [0.2, 0.25) is 5.91 Å². The molecule has 0 aliphatic heterocycles. The third kappa shape index (κ3) is 3.96. The molecule has 0 fully saturated rings. The zero-order chi connectivity index (χ0) is 12.8. The monoisotopic (exact) mass is 239 g/mol. The predicted octanol–water partition coefficient (Wildman–Crippen LogP) is 0.711. The number of aromatic hydroxyl groups is 2. The summed E-state index contributed by atoms with van der Waals surface area (Å²) in [5.74, 6) is -0.448. The highest BCUT2D eigenvalue weighted by Crippen LogP contribution is 2.27. The largest absolute Gasteiger partial charge is 0.504 e. The normalized spacial score (nSPS) is 10.2. The molecule has 1 aromatic rings. The summed E-state index contributed by atoms with van der Waals surface area (Å²) in [5, 5.41) is 21.3. The zero-order valence-corrected chi connectivity index (χ0v) is 9.99. The average Bonchev–Trinajstić information content (AvgIpc) is 2.26. The van der Waals surface area contributed by atoms with Gasteiger partial charge >= 0.3 is 0 Å². The number of hydrogen-bond acceptors (Lipinski definition) is 4. The summed E-state index contributed by atoms with van der Waals surface area (Å²) in [4.78, 5) is 11.1. The summed E-state index contributed by atoms with van der Waals surface area (Å²) in [6, 6.07) is 3.01. The first kappa shape index (κ1) is 13.3. The lowest BCUT2D eigenvalue weighted by atomic mass is 10.0. The maximum Gasteiger partial charge on any atom is 0.245 e. The molecule has 0 saturated carbocycles. The first-order valence-corrected chi connectivity index (χ1v) is 5.31. The van der Waals surface area contributed by atoms with Crippen LogP contribution in [0.3, 0.4) is 0 Å². The van der Waals surface area contributed by atoms with E-state index in [2.05, 4.69) is 10.1 Å². The standard InChI is InChI=1S/C12H17NO4/c1-8-5-10(14)11(15)6-9(8)3-4-13-12(16)7-17-2/h5-6,14-15H,3-4,7H2,1-2H3,(H,13,16). The third-order valence-electron chi connectivity index (χ3n) is 2.43. The minimum Gasteiger partial charge on any atom is -0.504 e. The number of phenols is 2. The van der Waals surface area contributed by atoms with Gasteiger partial charge in [-0.2, -0.15) is 0 Å². The SMILES string of the molecule is COCC(=O)NCCc1cc(O)c(O)cc1C. The van der Waals surface area contributed by atoms with E-state index in [0.29, 0.717) is 13.0 Å². The summed E-state index contributed by atoms with van der Waals surface area (Å²) in [7, 11) is 1.46. The smallest absolute Gasteiger partial charge is 0.245 e. The molecule has 17 heavy (non-hydrogen) atoms. The first-order chi connectivity index (χ1) is 8.04. The number of nitrogens with one attached hydrogen (secondary N) is 1. The van der Waals surface area contributed by atoms with E-state index in [0.717, 1.165) is 11.1 Å². The molecule has 1 amide bonds. The van der Waals surface area contributed by atoms with Crippen LogP contribution < -0.4 is 5.32 Å². The van der Waals surface area contributed by atoms with Crippen molar-refractivity contribution >= 4 is 5.91 Å². The number of benzene rings is 1. The maximum atomic E-state index is 11.1. The Morgan fingerprint density at radius 1 is 1.35 bits per heavy atom. The Kier molecular flexibility index (Phi) is 4.78. The fourth-order valence-corrected chi connectivity index (χ4v) is 1.51. The van der Waals surface area contributed by atoms with Crippen LogP contribution in [0.2, 0.25) is 0 Å². The number of carbonyl (C=O) groups excluding carboxylic acids is 1. The van der Waals surface area contributed by atoms with Crippen LogP contribution in [-0.4, -0.2) is 36.4 Å². The summed E-state index contributed by atoms with van der Waals surface area (Å²) < 4.78 is 4.68. The highest BCUT2D eigenvalue weighted by atomic mass is 16.5. The molecule has 0 aliphatic rings. The lowest BCUT2D eigenvalue weighted by molar-refractivity contribution is -0.124. The van der Waals surface area contributed by atoms with Crippen LogP contribution in [0.15, 0.2) is 12.1 Å². The van der Waals surface area contributed by atoms with Crippen molar-refractivity contribution in [2.24, 2.45) is 0 Å². The molecule has 0 spiro atoms. The first-order valence-electron chi connectivity index (χ1n) is 5.31. The Labute approximate surface area is 100 Å². The molecular weight excluding hydrogens is 222 g/mol. The van der Waals surface area contributed by atoms with Gasteiger partial charge in [0, 0.05) is 13.7 Å². The number of methoxy groups -OCH3 is 1. The Bertz CT molecular complexity index is 404. The summed E-state index contributed by atoms with van der Waals surface area (Å²) in [6.45, 7) is 2.35. The molecule has 0 unspecified atom stereocenters. The van der Waals surface area contributed by atoms with Crippen molar-refractivity contribution in [2.45, 2.75) is 13.3 Å². The summed E-state index contributed by atoms with van der Waals surface area (Å²) >= 11 is 0. The molecule has 0 radical (unpaired) electrons. The minimum atomic E-state index is -0.173. The van der Waals surface area contributed by atoms with Gasteiger partial charge < -0.3 is 20.3 Å². The molecule has 5 heteroatoms. The molecular formula is C12H17NO4. The molecule has 0 aromatic heterocycles. The van der Waals surface area contributed by atoms with Gasteiger partial charge in [-0.25, -0.2) is 0 Å². The van der Waals surface area contributed by atoms with Gasteiger partial charge in [-0.15, -0.1) is 0 Å². The Morgan fingerprint density at radius 3 is 2.65 bits per heavy atom. The predicted molar refractivity (Wildman–Crippen MR) is 63.1 cm³/mol. The number of hydrogen-bond donors (Lipinski definition) is 3. The van der Waals surface area contributed by atoms with E-state index in [1.54, 1.807) is 0 Å². The summed E-state index contributed by atoms with van der Waals surface area (Å²) in [5.41, 5.74) is 1.76. The average molecular weight is 239 g/mol. The maximum absolute atomic E-state index is 11.1. The van der Waals surface area contributed by atoms with Crippen LogP contribution in [0.5, 0.6) is 11.5 Å². The number of phenolic OH excluding ortho intramolecular Hbond substituents is 2. The molecule has 0 saturated heterocycles. The van der Waals surface area contributed by atoms with E-state index < -0.39 is 0 Å². The number of carbonyl (C=O) groups is 1. The van der Waals surface area contributed by atoms with E-state index in [4.69, 9.17) is 0 Å². The van der Waals surface area contributed by atoms with Crippen molar-refractivity contribution in [1.29, 1.82) is 0 Å². The van der Waals surface area contributed by atoms with Crippen LogP contribution in [0.4, 0.5) is 0 Å². The van der Waals surface area contributed by atoms with Crippen LogP contribution in [-0.2, 0) is 16.0 Å². The van der Waals surface area contributed by atoms with Crippen LogP contribution in [0, 0.1) is 6.92 Å². The number of rotatable bonds is 5. The van der Waals surface area contributed by atoms with E-state index in [-0.39, 0.29) is 24.0 Å². The molecule has 1 rings (SSSR count). The van der Waals surface area contributed by atoms with Gasteiger partial charge in [-0.05, 0) is 36.6 Å². The van der Waals surface area contributed by atoms with Gasteiger partial charge in [-0.3, -0.25) is 4.79 Å². The van der Waals surface area contributed by atoms with Gasteiger partial charge in [0.25, 0.3) is 0 Å². The molecule has 5 nitrogen and oxygen atoms in total. The van der Waals surface area contributed by atoms with Gasteiger partial charge in [0.15, 0.2) is 11.5 Å². The Balaban J connectivity index is 2.52. The molecule has 94 valence electrons. The highest BCUT2D eigenvalue weighted by molar-refractivity contribution is 5.77. The van der Waals surface area contributed by atoms with Crippen LogP contribution >= 0.6 is 0 Å². The van der Waals surface area contributed by atoms with Gasteiger partial charge in [-0.1, -0.05) is 0 Å². The van der Waals surface area contributed by atoms with E-state index in [9.17, 15) is 15.0 Å². The van der Waals surface area contributed by atoms with Crippen LogP contribution in [0.1, 0.15) is 11.1 Å². The van der Waals surface area contributed by atoms with Crippen molar-refractivity contribution in [3.05, 3.63) is 23.3 Å². The highest BCUT2D eigenvalue weighted by Gasteiger charge is 2.06. The number of ether oxygens (including phenoxy) is 1. The second kappa shape index (κ2) is 6.10. The van der Waals surface area contributed by atoms with Crippen molar-refractivity contribution in [3.8, 4) is 11.5 Å². The van der Waals surface area contributed by atoms with Crippen molar-refractivity contribution in [2.75, 3.05) is 20.3 Å². The van der Waals surface area contributed by atoms with Gasteiger partial charge in [0.05, 0.1) is 0 Å². The second-order valence-electron chi connectivity index (χ2n) is 3.80. The third-order valence-corrected chi connectivity index (χ3v) is 2.43. The topological polar surface area (TPSA) is 78.8 Å². The zero-order valence-electron chi connectivity index (χ0n) is 9.99. The molecule has 0 bridgehead atoms. The minimum absolute atomic E-state index is 0.0415. The lowest BCUT2D eigenvalue weighted by Crippen LogP contribution is -2.29. The van der Waals surface area contributed by atoms with Crippen molar-refractivity contribution in [1.82, 2.24) is 5.32 Å². The van der Waals surface area contributed by atoms with Crippen molar-refractivity contribution in [3.63, 3.8) is 0 Å². The molecule has 3 N–H and O–H groups in total. The van der Waals surface area contributed by atoms with E-state index in [1.165, 1.54) is 19.2 Å². The second-order valence-corrected chi connectivity index (χ2v) is 3.80. The Hall–Kier alpha value is -1.75. The molecule has 1 aromatic carbocycles. The summed E-state index contributed by atoms with van der Waals surface area (Å²) in [6.07, 6.45) is 0.592. The number of aryl methyl sites for hydroxylation is 1. The van der Waals surface area contributed by atoms with Crippen molar-refractivity contribution < 1.29 is 19.7 Å². The molecule has 0 heterocycles. The molecule has 0 atom stereocenters. The Morgan fingerprint density at radius 2 is 2.00 bits per heavy atom. The fourth-order valence-electron chi connectivity index (χ4n) is 1.51. The fraction of sp³-hybridized carbons (Fsp3) is 0.417. The lowest BCUT2D eigenvalue weighted by Gasteiger charge is -2.09. The number of amides is 1. The van der Waals surface area contributed by atoms with Crippen LogP contribution in [0.25, 0.3) is 0 Å². The van der Waals surface area contributed by atoms with E-state index in [1.807, 2.05) is 6.92 Å².